The summed E-state index contributed by atoms with van der Waals surface area (Å²) in [6, 6.07) is 8.60. The lowest BCUT2D eigenvalue weighted by Gasteiger charge is -2.22. The van der Waals surface area contributed by atoms with Crippen LogP contribution in [0, 0.1) is 16.0 Å². The van der Waals surface area contributed by atoms with Crippen LogP contribution in [0.2, 0.25) is 0 Å². The van der Waals surface area contributed by atoms with Crippen molar-refractivity contribution in [2.24, 2.45) is 5.92 Å². The van der Waals surface area contributed by atoms with Crippen molar-refractivity contribution < 1.29 is 28.5 Å². The quantitative estimate of drug-likeness (QED) is 0.287. The Hall–Kier alpha value is -3.29. The van der Waals surface area contributed by atoms with E-state index < -0.39 is 28.5 Å². The molecular weight excluding hydrogens is 354 g/mol. The Morgan fingerprint density at radius 1 is 1.22 bits per heavy atom. The monoisotopic (exact) mass is 373 g/mol. The fourth-order valence-corrected chi connectivity index (χ4v) is 2.78. The normalized spacial score (nSPS) is 12.8. The predicted molar refractivity (Wildman–Crippen MR) is 93.8 cm³/mol. The van der Waals surface area contributed by atoms with Crippen molar-refractivity contribution in [2.45, 2.75) is 32.8 Å². The maximum atomic E-state index is 12.6. The number of ketones is 2. The number of hydrogen-bond acceptors (Lipinski definition) is 7. The Balaban J connectivity index is 2.36. The van der Waals surface area contributed by atoms with E-state index in [2.05, 4.69) is 0 Å². The van der Waals surface area contributed by atoms with Crippen molar-refractivity contribution in [3.8, 4) is 0 Å². The molecule has 0 radical (unpaired) electrons. The molecule has 0 saturated heterocycles. The molecule has 2 rings (SSSR count). The van der Waals surface area contributed by atoms with Gasteiger partial charge in [-0.05, 0) is 24.6 Å². The van der Waals surface area contributed by atoms with Gasteiger partial charge in [0.1, 0.15) is 29.9 Å². The third kappa shape index (κ3) is 4.87. The maximum absolute atomic E-state index is 12.6. The number of ether oxygens (including phenoxy) is 1. The zero-order valence-corrected chi connectivity index (χ0v) is 14.9. The fourth-order valence-electron chi connectivity index (χ4n) is 2.78. The third-order valence-electron chi connectivity index (χ3n) is 4.10. The van der Waals surface area contributed by atoms with Crippen LogP contribution in [-0.4, -0.2) is 22.5 Å². The first kappa shape index (κ1) is 20.0. The third-order valence-corrected chi connectivity index (χ3v) is 4.10. The highest BCUT2D eigenvalue weighted by atomic mass is 16.6. The van der Waals surface area contributed by atoms with E-state index in [1.807, 2.05) is 0 Å². The molecule has 1 heterocycles. The molecule has 8 heteroatoms. The number of nitro benzene ring substituents is 1. The lowest BCUT2D eigenvalue weighted by Crippen LogP contribution is -2.34. The first-order valence-corrected chi connectivity index (χ1v) is 8.31. The van der Waals surface area contributed by atoms with Gasteiger partial charge in [0.25, 0.3) is 5.69 Å². The second-order valence-corrected chi connectivity index (χ2v) is 5.93. The lowest BCUT2D eigenvalue weighted by atomic mass is 9.79. The van der Waals surface area contributed by atoms with Crippen molar-refractivity contribution in [3.05, 3.63) is 64.1 Å². The Bertz CT molecular complexity index is 842. The van der Waals surface area contributed by atoms with Crippen molar-refractivity contribution >= 4 is 23.2 Å². The molecule has 0 saturated carbocycles. The van der Waals surface area contributed by atoms with Gasteiger partial charge in [-0.3, -0.25) is 24.5 Å². The molecule has 0 amide bonds. The molecule has 2 aromatic rings. The standard InChI is InChI=1S/C19H19NO7/c1-3-16(22)18(13-6-4-7-14(10-13)20(24)25)17(12(2)21)19(23)27-11-15-8-5-9-26-15/h4-10,17-18H,3,11H2,1-2H3. The number of non-ortho nitro benzene ring substituents is 1. The van der Waals surface area contributed by atoms with E-state index in [-0.39, 0.29) is 30.1 Å². The minimum absolute atomic E-state index is 0.0581. The average molecular weight is 373 g/mol. The van der Waals surface area contributed by atoms with Gasteiger partial charge in [-0.25, -0.2) is 0 Å². The molecule has 142 valence electrons. The number of hydrogen-bond donors (Lipinski definition) is 0. The minimum Gasteiger partial charge on any atom is -0.466 e. The minimum atomic E-state index is -1.39. The molecule has 0 N–H and O–H groups in total. The van der Waals surface area contributed by atoms with Gasteiger partial charge < -0.3 is 9.15 Å². The van der Waals surface area contributed by atoms with Crippen LogP contribution in [0.25, 0.3) is 0 Å². The van der Waals surface area contributed by atoms with E-state index in [9.17, 15) is 24.5 Å². The fraction of sp³-hybridized carbons (Fsp3) is 0.316. The summed E-state index contributed by atoms with van der Waals surface area (Å²) in [5, 5.41) is 11.0. The molecule has 27 heavy (non-hydrogen) atoms. The van der Waals surface area contributed by atoms with Crippen LogP contribution in [0.15, 0.2) is 47.1 Å². The zero-order valence-electron chi connectivity index (χ0n) is 14.9. The van der Waals surface area contributed by atoms with Gasteiger partial charge in [0.05, 0.1) is 17.1 Å². The van der Waals surface area contributed by atoms with E-state index in [1.54, 1.807) is 19.1 Å². The Morgan fingerprint density at radius 3 is 2.52 bits per heavy atom. The molecule has 0 aliphatic heterocycles. The summed E-state index contributed by atoms with van der Waals surface area (Å²) in [7, 11) is 0. The number of rotatable bonds is 9. The van der Waals surface area contributed by atoms with Crippen LogP contribution in [0.5, 0.6) is 0 Å². The van der Waals surface area contributed by atoms with E-state index in [0.29, 0.717) is 5.76 Å². The number of carbonyl (C=O) groups excluding carboxylic acids is 3. The van der Waals surface area contributed by atoms with Crippen molar-refractivity contribution in [1.29, 1.82) is 0 Å². The number of benzene rings is 1. The number of nitrogens with zero attached hydrogens (tertiary/aromatic N) is 1. The summed E-state index contributed by atoms with van der Waals surface area (Å²) in [6.45, 7) is 2.60. The molecule has 1 aromatic carbocycles. The number of Topliss-reactive ketones (excluding diaryl/α,β-unsaturated/α-hetero) is 2. The Labute approximate surface area is 155 Å². The number of carbonyl (C=O) groups is 3. The van der Waals surface area contributed by atoms with Gasteiger partial charge in [0.15, 0.2) is 0 Å². The largest absolute Gasteiger partial charge is 0.466 e. The zero-order chi connectivity index (χ0) is 20.0. The van der Waals surface area contributed by atoms with Crippen LogP contribution >= 0.6 is 0 Å². The average Bonchev–Trinajstić information content (AvgIpc) is 3.16. The summed E-state index contributed by atoms with van der Waals surface area (Å²) in [5.74, 6) is -3.98. The second-order valence-electron chi connectivity index (χ2n) is 5.93. The molecule has 0 bridgehead atoms. The van der Waals surface area contributed by atoms with Crippen LogP contribution in [0.3, 0.4) is 0 Å². The molecule has 0 aliphatic rings. The van der Waals surface area contributed by atoms with Gasteiger partial charge in [-0.15, -0.1) is 0 Å². The van der Waals surface area contributed by atoms with E-state index in [0.717, 1.165) is 0 Å². The van der Waals surface area contributed by atoms with E-state index in [1.165, 1.54) is 37.5 Å². The summed E-state index contributed by atoms with van der Waals surface area (Å²) in [6.07, 6.45) is 1.47. The molecule has 8 nitrogen and oxygen atoms in total. The number of esters is 1. The first-order chi connectivity index (χ1) is 12.8. The van der Waals surface area contributed by atoms with Crippen LogP contribution < -0.4 is 0 Å². The summed E-state index contributed by atoms with van der Waals surface area (Å²) in [4.78, 5) is 47.7. The highest BCUT2D eigenvalue weighted by Gasteiger charge is 2.39. The summed E-state index contributed by atoms with van der Waals surface area (Å²) >= 11 is 0. The van der Waals surface area contributed by atoms with Crippen LogP contribution in [0.4, 0.5) is 5.69 Å². The summed E-state index contributed by atoms with van der Waals surface area (Å²) < 4.78 is 10.2. The molecule has 0 spiro atoms. The molecule has 1 aromatic heterocycles. The lowest BCUT2D eigenvalue weighted by molar-refractivity contribution is -0.384. The molecule has 2 unspecified atom stereocenters. The number of furan rings is 1. The Kier molecular flexibility index (Phi) is 6.59. The molecule has 0 fully saturated rings. The summed E-state index contributed by atoms with van der Waals surface area (Å²) in [5.41, 5.74) is -0.00106. The van der Waals surface area contributed by atoms with E-state index in [4.69, 9.17) is 9.15 Å². The predicted octanol–water partition coefficient (Wildman–Crippen LogP) is 3.20. The van der Waals surface area contributed by atoms with E-state index >= 15 is 0 Å². The second kappa shape index (κ2) is 8.88. The highest BCUT2D eigenvalue weighted by Crippen LogP contribution is 2.31. The molecule has 0 aliphatic carbocycles. The highest BCUT2D eigenvalue weighted by molar-refractivity contribution is 6.04. The van der Waals surface area contributed by atoms with Crippen molar-refractivity contribution in [3.63, 3.8) is 0 Å². The van der Waals surface area contributed by atoms with Gasteiger partial charge in [-0.2, -0.15) is 0 Å². The van der Waals surface area contributed by atoms with Gasteiger partial charge >= 0.3 is 5.97 Å². The number of nitro groups is 1. The van der Waals surface area contributed by atoms with Crippen molar-refractivity contribution in [2.75, 3.05) is 0 Å². The first-order valence-electron chi connectivity index (χ1n) is 8.31. The van der Waals surface area contributed by atoms with Crippen molar-refractivity contribution in [1.82, 2.24) is 0 Å². The topological polar surface area (TPSA) is 117 Å². The van der Waals surface area contributed by atoms with Crippen LogP contribution in [0.1, 0.15) is 37.5 Å². The molecular formula is C19H19NO7. The van der Waals surface area contributed by atoms with Gasteiger partial charge in [-0.1, -0.05) is 19.1 Å². The smallest absolute Gasteiger partial charge is 0.318 e. The van der Waals surface area contributed by atoms with Gasteiger partial charge in [0, 0.05) is 18.6 Å². The van der Waals surface area contributed by atoms with Crippen LogP contribution in [-0.2, 0) is 25.7 Å². The molecule has 2 atom stereocenters. The maximum Gasteiger partial charge on any atom is 0.318 e. The Morgan fingerprint density at radius 2 is 1.96 bits per heavy atom. The SMILES string of the molecule is CCC(=O)C(c1cccc([N+](=O)[O-])c1)C(C(C)=O)C(=O)OCc1ccco1. The van der Waals surface area contributed by atoms with Gasteiger partial charge in [0.2, 0.25) is 0 Å².